The van der Waals surface area contributed by atoms with Gasteiger partial charge in [0.25, 0.3) is 0 Å². The number of hydrogen-bond acceptors (Lipinski definition) is 8. The van der Waals surface area contributed by atoms with E-state index in [1.54, 1.807) is 0 Å². The van der Waals surface area contributed by atoms with Gasteiger partial charge in [-0.15, -0.1) is 0 Å². The third-order valence-electron chi connectivity index (χ3n) is 11.2. The Morgan fingerprint density at radius 3 is 2.13 bits per heavy atom. The molecule has 4 aliphatic carbocycles. The van der Waals surface area contributed by atoms with Crippen molar-refractivity contribution in [3.63, 3.8) is 0 Å². The molecule has 0 spiro atoms. The minimum Gasteiger partial charge on any atom is -0.550 e. The van der Waals surface area contributed by atoms with Gasteiger partial charge >= 0.3 is 17.9 Å². The van der Waals surface area contributed by atoms with Gasteiger partial charge < -0.3 is 24.1 Å². The van der Waals surface area contributed by atoms with E-state index in [9.17, 15) is 24.3 Å². The summed E-state index contributed by atoms with van der Waals surface area (Å²) in [6.45, 7) is 11.1. The molecule has 4 saturated carbocycles. The molecule has 38 heavy (non-hydrogen) atoms. The summed E-state index contributed by atoms with van der Waals surface area (Å²) in [5, 5.41) is 11.2. The number of carbonyl (C=O) groups is 4. The number of carboxylic acids is 1. The third kappa shape index (κ3) is 5.21. The molecular formula is C30H45O8-. The summed E-state index contributed by atoms with van der Waals surface area (Å²) < 4.78 is 17.8. The van der Waals surface area contributed by atoms with E-state index in [0.717, 1.165) is 38.5 Å². The molecule has 0 aromatic heterocycles. The minimum atomic E-state index is -1.04. The predicted molar refractivity (Wildman–Crippen MR) is 136 cm³/mol. The molecular weight excluding hydrogens is 488 g/mol. The number of carboxylic acid groups (broad SMARTS) is 1. The van der Waals surface area contributed by atoms with Crippen molar-refractivity contribution in [2.24, 2.45) is 46.3 Å². The van der Waals surface area contributed by atoms with E-state index in [2.05, 4.69) is 20.8 Å². The topological polar surface area (TPSA) is 119 Å². The fourth-order valence-electron chi connectivity index (χ4n) is 9.66. The Morgan fingerprint density at radius 1 is 0.868 bits per heavy atom. The normalized spacial score (nSPS) is 42.6. The van der Waals surface area contributed by atoms with Crippen molar-refractivity contribution in [3.8, 4) is 0 Å². The molecule has 214 valence electrons. The van der Waals surface area contributed by atoms with Gasteiger partial charge in [0.1, 0.15) is 18.3 Å². The van der Waals surface area contributed by atoms with Crippen molar-refractivity contribution in [3.05, 3.63) is 0 Å². The van der Waals surface area contributed by atoms with Gasteiger partial charge in [0.05, 0.1) is 0 Å². The van der Waals surface area contributed by atoms with Crippen LogP contribution in [0.4, 0.5) is 0 Å². The zero-order valence-electron chi connectivity index (χ0n) is 23.8. The van der Waals surface area contributed by atoms with Crippen molar-refractivity contribution in [1.82, 2.24) is 0 Å². The largest absolute Gasteiger partial charge is 0.550 e. The van der Waals surface area contributed by atoms with Gasteiger partial charge in [-0.25, -0.2) is 0 Å². The van der Waals surface area contributed by atoms with Gasteiger partial charge in [-0.1, -0.05) is 20.8 Å². The van der Waals surface area contributed by atoms with Crippen LogP contribution < -0.4 is 5.11 Å². The lowest BCUT2D eigenvalue weighted by Crippen LogP contribution is -2.63. The number of rotatable bonds is 7. The van der Waals surface area contributed by atoms with Crippen LogP contribution >= 0.6 is 0 Å². The molecule has 0 N–H and O–H groups in total. The van der Waals surface area contributed by atoms with Crippen LogP contribution in [0.3, 0.4) is 0 Å². The number of fused-ring (bicyclic) bond motifs is 5. The Bertz CT molecular complexity index is 947. The molecule has 0 aromatic rings. The molecule has 0 aromatic carbocycles. The summed E-state index contributed by atoms with van der Waals surface area (Å²) >= 11 is 0. The van der Waals surface area contributed by atoms with Crippen molar-refractivity contribution in [2.75, 3.05) is 0 Å². The fraction of sp³-hybridized carbons (Fsp3) is 0.867. The molecule has 0 bridgehead atoms. The highest BCUT2D eigenvalue weighted by Crippen LogP contribution is 2.69. The van der Waals surface area contributed by atoms with Crippen LogP contribution in [0.5, 0.6) is 0 Å². The van der Waals surface area contributed by atoms with Crippen molar-refractivity contribution < 1.29 is 38.5 Å². The molecule has 0 saturated heterocycles. The van der Waals surface area contributed by atoms with Crippen LogP contribution in [0, 0.1) is 46.3 Å². The molecule has 0 heterocycles. The molecule has 0 amide bonds. The molecule has 4 rings (SSSR count). The quantitative estimate of drug-likeness (QED) is 0.358. The van der Waals surface area contributed by atoms with E-state index in [1.165, 1.54) is 20.8 Å². The Morgan fingerprint density at radius 2 is 1.53 bits per heavy atom. The number of hydrogen-bond donors (Lipinski definition) is 0. The number of esters is 3. The van der Waals surface area contributed by atoms with Gasteiger partial charge in [-0.3, -0.25) is 14.4 Å². The first-order valence-corrected chi connectivity index (χ1v) is 14.5. The van der Waals surface area contributed by atoms with Crippen LogP contribution in [-0.4, -0.2) is 42.2 Å². The maximum absolute atomic E-state index is 12.4. The highest BCUT2D eigenvalue weighted by molar-refractivity contribution is 5.67. The lowest BCUT2D eigenvalue weighted by Gasteiger charge is -2.64. The van der Waals surface area contributed by atoms with E-state index in [1.807, 2.05) is 0 Å². The van der Waals surface area contributed by atoms with Crippen LogP contribution in [0.1, 0.15) is 99.3 Å². The maximum atomic E-state index is 12.4. The second-order valence-electron chi connectivity index (χ2n) is 13.2. The molecule has 0 aliphatic heterocycles. The molecule has 8 nitrogen and oxygen atoms in total. The lowest BCUT2D eigenvalue weighted by molar-refractivity contribution is -0.306. The van der Waals surface area contributed by atoms with Crippen molar-refractivity contribution >= 4 is 23.9 Å². The zero-order chi connectivity index (χ0) is 28.0. The maximum Gasteiger partial charge on any atom is 0.302 e. The average Bonchev–Trinajstić information content (AvgIpc) is 3.16. The van der Waals surface area contributed by atoms with E-state index in [-0.39, 0.29) is 89.0 Å². The molecule has 11 atom stereocenters. The van der Waals surface area contributed by atoms with Gasteiger partial charge in [0, 0.05) is 38.1 Å². The van der Waals surface area contributed by atoms with Crippen molar-refractivity contribution in [1.29, 1.82) is 0 Å². The predicted octanol–water partition coefficient (Wildman–Crippen LogP) is 3.83. The molecule has 4 fully saturated rings. The summed E-state index contributed by atoms with van der Waals surface area (Å²) in [6.07, 6.45) is 5.65. The first-order chi connectivity index (χ1) is 17.8. The monoisotopic (exact) mass is 533 g/mol. The first-order valence-electron chi connectivity index (χ1n) is 14.5. The Balaban J connectivity index is 1.71. The third-order valence-corrected chi connectivity index (χ3v) is 11.2. The van der Waals surface area contributed by atoms with E-state index in [4.69, 9.17) is 14.2 Å². The zero-order valence-corrected chi connectivity index (χ0v) is 23.8. The Labute approximate surface area is 226 Å². The molecule has 1 unspecified atom stereocenters. The van der Waals surface area contributed by atoms with Crippen molar-refractivity contribution in [2.45, 2.75) is 118 Å². The van der Waals surface area contributed by atoms with Crippen LogP contribution in [0.2, 0.25) is 0 Å². The molecule has 0 radical (unpaired) electrons. The van der Waals surface area contributed by atoms with E-state index in [0.29, 0.717) is 12.8 Å². The van der Waals surface area contributed by atoms with E-state index < -0.39 is 5.97 Å². The molecule has 4 aliphatic rings. The van der Waals surface area contributed by atoms with Gasteiger partial charge in [0.15, 0.2) is 0 Å². The summed E-state index contributed by atoms with van der Waals surface area (Å²) in [7, 11) is 0. The first kappa shape index (κ1) is 28.9. The van der Waals surface area contributed by atoms with Gasteiger partial charge in [0.2, 0.25) is 0 Å². The number of aliphatic carboxylic acids is 1. The van der Waals surface area contributed by atoms with Gasteiger partial charge in [-0.05, 0) is 92.8 Å². The second kappa shape index (κ2) is 10.8. The lowest BCUT2D eigenvalue weighted by atomic mass is 9.43. The smallest absolute Gasteiger partial charge is 0.302 e. The van der Waals surface area contributed by atoms with Gasteiger partial charge in [-0.2, -0.15) is 0 Å². The summed E-state index contributed by atoms with van der Waals surface area (Å²) in [6, 6.07) is 0. The van der Waals surface area contributed by atoms with Crippen LogP contribution in [0.25, 0.3) is 0 Å². The SMILES string of the molecule is CC(=O)O[C@@H]1CC[C@@]2(C)[C@@H](C1)C[C@@H](OC(C)=O)[C@@H]1[C@@H]2C[C@H](OC(C)=O)[C@]2(C)C([C@H](C)CCC(=O)[O-])CC[C@@H]12. The average molecular weight is 534 g/mol. The Kier molecular flexibility index (Phi) is 8.21. The Hall–Kier alpha value is -2.12. The summed E-state index contributed by atoms with van der Waals surface area (Å²) in [5.74, 6) is -0.805. The minimum absolute atomic E-state index is 0.0159. The van der Waals surface area contributed by atoms with Crippen LogP contribution in [-0.2, 0) is 33.4 Å². The summed E-state index contributed by atoms with van der Waals surface area (Å²) in [4.78, 5) is 47.6. The van der Waals surface area contributed by atoms with E-state index >= 15 is 0 Å². The molecule has 8 heteroatoms. The fourth-order valence-corrected chi connectivity index (χ4v) is 9.66. The highest BCUT2D eigenvalue weighted by atomic mass is 16.6. The number of carbonyl (C=O) groups excluding carboxylic acids is 4. The van der Waals surface area contributed by atoms with Crippen LogP contribution in [0.15, 0.2) is 0 Å². The summed E-state index contributed by atoms with van der Waals surface area (Å²) in [5.41, 5.74) is -0.384. The highest BCUT2D eigenvalue weighted by Gasteiger charge is 2.67. The second-order valence-corrected chi connectivity index (χ2v) is 13.2. The standard InChI is InChI=1S/C30H46O8/c1-16(7-10-27(34)35)22-8-9-23-28-24(15-26(30(22,23)6)38-19(4)33)29(5)12-11-21(36-17(2)31)13-20(29)14-25(28)37-18(3)32/h16,20-26,28H,7-15H2,1-6H3,(H,34,35)/p-1/t16-,20+,21-,22?,23+,24+,25-,26+,28+,29+,30-/m1/s1. The number of ether oxygens (including phenoxy) is 3.